The highest BCUT2D eigenvalue weighted by Crippen LogP contribution is 2.36. The zero-order valence-corrected chi connectivity index (χ0v) is 16.9. The van der Waals surface area contributed by atoms with E-state index in [-0.39, 0.29) is 26.3 Å². The molecule has 1 saturated heterocycles. The fourth-order valence-corrected chi connectivity index (χ4v) is 4.10. The van der Waals surface area contributed by atoms with Crippen LogP contribution in [-0.4, -0.2) is 43.3 Å². The summed E-state index contributed by atoms with van der Waals surface area (Å²) in [7, 11) is 0. The first kappa shape index (κ1) is 22.6. The first-order valence-corrected chi connectivity index (χ1v) is 9.69. The Morgan fingerprint density at radius 1 is 1.23 bits per heavy atom. The predicted octanol–water partition coefficient (Wildman–Crippen LogP) is 4.09. The Morgan fingerprint density at radius 3 is 2.55 bits per heavy atom. The van der Waals surface area contributed by atoms with Crippen LogP contribution in [-0.2, 0) is 20.6 Å². The van der Waals surface area contributed by atoms with Gasteiger partial charge in [0.15, 0.2) is 0 Å². The number of rotatable bonds is 6. The van der Waals surface area contributed by atoms with Gasteiger partial charge in [-0.1, -0.05) is 36.1 Å². The molecule has 12 heteroatoms. The number of carbonyl (C=O) groups is 3. The Kier molecular flexibility index (Phi) is 6.23. The normalized spacial score (nSPS) is 16.7. The van der Waals surface area contributed by atoms with Crippen molar-refractivity contribution in [2.45, 2.75) is 18.6 Å². The Balaban J connectivity index is 1.86. The highest BCUT2D eigenvalue weighted by Gasteiger charge is 2.41. The number of carboxylic acid groups (broad SMARTS) is 2. The molecule has 0 saturated carbocycles. The summed E-state index contributed by atoms with van der Waals surface area (Å²) in [5, 5.41) is 18.2. The van der Waals surface area contributed by atoms with Crippen LogP contribution in [0.25, 0.3) is 17.4 Å². The van der Waals surface area contributed by atoms with Crippen LogP contribution >= 0.6 is 24.0 Å². The molecule has 2 heterocycles. The van der Waals surface area contributed by atoms with Crippen molar-refractivity contribution in [3.63, 3.8) is 0 Å². The van der Waals surface area contributed by atoms with E-state index in [4.69, 9.17) is 21.7 Å². The van der Waals surface area contributed by atoms with Gasteiger partial charge in [0.2, 0.25) is 0 Å². The van der Waals surface area contributed by atoms with Crippen LogP contribution in [0.1, 0.15) is 17.7 Å². The molecule has 0 spiro atoms. The van der Waals surface area contributed by atoms with Crippen molar-refractivity contribution in [1.82, 2.24) is 4.90 Å². The van der Waals surface area contributed by atoms with Gasteiger partial charge in [-0.15, -0.1) is 0 Å². The first-order valence-electron chi connectivity index (χ1n) is 8.46. The number of carboxylic acids is 2. The number of alkyl halides is 3. The lowest BCUT2D eigenvalue weighted by Gasteiger charge is -2.21. The van der Waals surface area contributed by atoms with E-state index < -0.39 is 42.0 Å². The Morgan fingerprint density at radius 2 is 1.94 bits per heavy atom. The molecular formula is C19H12F3NO6S2. The number of aliphatic carboxylic acids is 2. The molecule has 162 valence electrons. The van der Waals surface area contributed by atoms with Crippen LogP contribution in [0.2, 0.25) is 0 Å². The summed E-state index contributed by atoms with van der Waals surface area (Å²) in [6.45, 7) is 0. The number of halogens is 3. The standard InChI is InChI=1S/C19H12F3NO6S2/c20-19(21,22)10-3-1-2-9(6-10)13-5-4-11(29-13)7-14-16(26)23(18(30)31-14)12(17(27)28)8-15(24)25/h1-7,12H,8H2,(H,24,25)(H,27,28)/b14-7-/t12-/m1/s1. The molecule has 7 nitrogen and oxygen atoms in total. The number of hydrogen-bond acceptors (Lipinski definition) is 6. The quantitative estimate of drug-likeness (QED) is 0.479. The van der Waals surface area contributed by atoms with Gasteiger partial charge in [-0.3, -0.25) is 14.5 Å². The fourth-order valence-electron chi connectivity index (χ4n) is 2.77. The highest BCUT2D eigenvalue weighted by atomic mass is 32.2. The Labute approximate surface area is 182 Å². The molecule has 1 aromatic carbocycles. The molecular weight excluding hydrogens is 459 g/mol. The third kappa shape index (κ3) is 4.97. The number of thioether (sulfide) groups is 1. The third-order valence-corrected chi connectivity index (χ3v) is 5.49. The average Bonchev–Trinajstić information content (AvgIpc) is 3.24. The third-order valence-electron chi connectivity index (χ3n) is 4.16. The largest absolute Gasteiger partial charge is 0.481 e. The van der Waals surface area contributed by atoms with Gasteiger partial charge in [0.1, 0.15) is 21.9 Å². The smallest absolute Gasteiger partial charge is 0.416 e. The molecule has 2 aromatic rings. The minimum atomic E-state index is -4.52. The van der Waals surface area contributed by atoms with Crippen molar-refractivity contribution in [2.24, 2.45) is 0 Å². The van der Waals surface area contributed by atoms with Crippen molar-refractivity contribution < 1.29 is 42.2 Å². The molecule has 0 radical (unpaired) electrons. The van der Waals surface area contributed by atoms with E-state index >= 15 is 0 Å². The second kappa shape index (κ2) is 8.55. The zero-order chi connectivity index (χ0) is 22.9. The number of nitrogens with zero attached hydrogens (tertiary/aromatic N) is 1. The van der Waals surface area contributed by atoms with E-state index in [1.807, 2.05) is 0 Å². The second-order valence-electron chi connectivity index (χ2n) is 6.28. The van der Waals surface area contributed by atoms with Crippen molar-refractivity contribution >= 4 is 52.2 Å². The summed E-state index contributed by atoms with van der Waals surface area (Å²) in [5.74, 6) is -3.49. The minimum absolute atomic E-state index is 0.00780. The summed E-state index contributed by atoms with van der Waals surface area (Å²) < 4.78 is 44.1. The van der Waals surface area contributed by atoms with E-state index in [1.54, 1.807) is 0 Å². The Bertz CT molecular complexity index is 1110. The molecule has 2 N–H and O–H groups in total. The van der Waals surface area contributed by atoms with Gasteiger partial charge in [0.05, 0.1) is 16.9 Å². The van der Waals surface area contributed by atoms with Crippen molar-refractivity contribution in [2.75, 3.05) is 0 Å². The van der Waals surface area contributed by atoms with Gasteiger partial charge in [-0.05, 0) is 24.3 Å². The number of amides is 1. The number of hydrogen-bond donors (Lipinski definition) is 2. The van der Waals surface area contributed by atoms with Crippen molar-refractivity contribution in [3.8, 4) is 11.3 Å². The average molecular weight is 471 g/mol. The van der Waals surface area contributed by atoms with E-state index in [2.05, 4.69) is 0 Å². The van der Waals surface area contributed by atoms with Gasteiger partial charge >= 0.3 is 18.1 Å². The van der Waals surface area contributed by atoms with Crippen LogP contribution in [0.4, 0.5) is 13.2 Å². The van der Waals surface area contributed by atoms with E-state index in [0.717, 1.165) is 23.9 Å². The first-order chi connectivity index (χ1) is 14.5. The molecule has 1 amide bonds. The molecule has 1 aromatic heterocycles. The van der Waals surface area contributed by atoms with Crippen LogP contribution in [0.3, 0.4) is 0 Å². The number of thiocarbonyl (C=S) groups is 1. The summed E-state index contributed by atoms with van der Waals surface area (Å²) >= 11 is 5.79. The topological polar surface area (TPSA) is 108 Å². The predicted molar refractivity (Wildman–Crippen MR) is 108 cm³/mol. The van der Waals surface area contributed by atoms with E-state index in [1.165, 1.54) is 30.3 Å². The zero-order valence-electron chi connectivity index (χ0n) is 15.3. The summed E-state index contributed by atoms with van der Waals surface area (Å²) in [5.41, 5.74) is -0.670. The molecule has 0 unspecified atom stereocenters. The lowest BCUT2D eigenvalue weighted by atomic mass is 10.1. The maximum Gasteiger partial charge on any atom is 0.416 e. The molecule has 1 aliphatic rings. The van der Waals surface area contributed by atoms with Crippen LogP contribution < -0.4 is 0 Å². The van der Waals surface area contributed by atoms with Crippen LogP contribution in [0.5, 0.6) is 0 Å². The molecule has 0 bridgehead atoms. The van der Waals surface area contributed by atoms with Gasteiger partial charge in [0, 0.05) is 11.6 Å². The Hall–Kier alpha value is -3.12. The van der Waals surface area contributed by atoms with Crippen LogP contribution in [0.15, 0.2) is 45.7 Å². The molecule has 0 aliphatic carbocycles. The van der Waals surface area contributed by atoms with Crippen molar-refractivity contribution in [3.05, 3.63) is 52.6 Å². The second-order valence-corrected chi connectivity index (χ2v) is 7.96. The number of furan rings is 1. The molecule has 1 aliphatic heterocycles. The maximum absolute atomic E-state index is 12.9. The summed E-state index contributed by atoms with van der Waals surface area (Å²) in [6, 6.07) is 5.69. The summed E-state index contributed by atoms with van der Waals surface area (Å²) in [4.78, 5) is 35.6. The van der Waals surface area contributed by atoms with Gasteiger partial charge in [-0.25, -0.2) is 4.79 Å². The maximum atomic E-state index is 12.9. The van der Waals surface area contributed by atoms with Gasteiger partial charge in [0.25, 0.3) is 5.91 Å². The van der Waals surface area contributed by atoms with E-state index in [9.17, 15) is 32.7 Å². The van der Waals surface area contributed by atoms with Crippen molar-refractivity contribution in [1.29, 1.82) is 0 Å². The molecule has 1 atom stereocenters. The van der Waals surface area contributed by atoms with Gasteiger partial charge in [-0.2, -0.15) is 13.2 Å². The lowest BCUT2D eigenvalue weighted by molar-refractivity contribution is -0.150. The van der Waals surface area contributed by atoms with E-state index in [0.29, 0.717) is 4.90 Å². The summed E-state index contributed by atoms with van der Waals surface area (Å²) in [6.07, 6.45) is -4.10. The number of benzene rings is 1. The van der Waals surface area contributed by atoms with Crippen LogP contribution in [0, 0.1) is 0 Å². The lowest BCUT2D eigenvalue weighted by Crippen LogP contribution is -2.45. The molecule has 31 heavy (non-hydrogen) atoms. The minimum Gasteiger partial charge on any atom is -0.481 e. The molecule has 1 fully saturated rings. The molecule has 3 rings (SSSR count). The SMILES string of the molecule is O=C(O)C[C@H](C(=O)O)N1C(=O)/C(=C/c2ccc(-c3cccc(C(F)(F)F)c3)o2)SC1=S. The van der Waals surface area contributed by atoms with Gasteiger partial charge < -0.3 is 14.6 Å². The number of carbonyl (C=O) groups excluding carboxylic acids is 1. The fraction of sp³-hybridized carbons (Fsp3) is 0.158. The highest BCUT2D eigenvalue weighted by molar-refractivity contribution is 8.26. The monoisotopic (exact) mass is 471 g/mol.